The van der Waals surface area contributed by atoms with Crippen LogP contribution in [0.1, 0.15) is 37.8 Å². The van der Waals surface area contributed by atoms with Crippen LogP contribution in [0.25, 0.3) is 0 Å². The molecule has 3 rings (SSSR count). The average molecular weight is 257 g/mol. The topological polar surface area (TPSA) is 20.3 Å². The second-order valence-corrected chi connectivity index (χ2v) is 6.67. The second kappa shape index (κ2) is 4.17. The molecule has 0 aromatic heterocycles. The number of hydrogen-bond donors (Lipinski definition) is 0. The summed E-state index contributed by atoms with van der Waals surface area (Å²) in [5.74, 6) is 0.357. The summed E-state index contributed by atoms with van der Waals surface area (Å²) in [4.78, 5) is 15.0. The molecule has 1 aliphatic carbocycles. The van der Waals surface area contributed by atoms with Crippen molar-refractivity contribution in [1.82, 2.24) is 4.90 Å². The second-order valence-electron chi connectivity index (χ2n) is 6.67. The van der Waals surface area contributed by atoms with Gasteiger partial charge in [0.05, 0.1) is 5.41 Å². The first-order chi connectivity index (χ1) is 8.99. The van der Waals surface area contributed by atoms with E-state index in [4.69, 9.17) is 0 Å². The summed E-state index contributed by atoms with van der Waals surface area (Å²) >= 11 is 0. The Morgan fingerprint density at radius 3 is 2.74 bits per heavy atom. The third kappa shape index (κ3) is 1.62. The molecule has 2 aliphatic rings. The highest BCUT2D eigenvalue weighted by atomic mass is 16.1. The number of hydrogen-bond acceptors (Lipinski definition) is 2. The Hall–Kier alpha value is -1.15. The molecule has 0 unspecified atom stereocenters. The molecule has 1 saturated heterocycles. The molecule has 2 heteroatoms. The van der Waals surface area contributed by atoms with Crippen LogP contribution in [0.4, 0.5) is 0 Å². The van der Waals surface area contributed by atoms with Gasteiger partial charge >= 0.3 is 0 Å². The number of rotatable bonds is 1. The van der Waals surface area contributed by atoms with Gasteiger partial charge in [0.15, 0.2) is 0 Å². The van der Waals surface area contributed by atoms with Crippen LogP contribution in [-0.2, 0) is 16.6 Å². The first kappa shape index (κ1) is 12.9. The minimum atomic E-state index is -0.256. The van der Waals surface area contributed by atoms with Crippen LogP contribution in [0.2, 0.25) is 0 Å². The summed E-state index contributed by atoms with van der Waals surface area (Å²) in [6.07, 6.45) is 3.19. The predicted molar refractivity (Wildman–Crippen MR) is 77.3 cm³/mol. The highest BCUT2D eigenvalue weighted by molar-refractivity contribution is 5.90. The van der Waals surface area contributed by atoms with Gasteiger partial charge in [-0.1, -0.05) is 31.2 Å². The van der Waals surface area contributed by atoms with E-state index in [0.717, 1.165) is 32.4 Å². The van der Waals surface area contributed by atoms with E-state index in [1.165, 1.54) is 11.1 Å². The Kier molecular flexibility index (Phi) is 2.82. The molecule has 1 aliphatic heterocycles. The first-order valence-electron chi connectivity index (χ1n) is 7.28. The molecule has 0 radical (unpaired) electrons. The Balaban J connectivity index is 2.22. The molecule has 0 spiro atoms. The summed E-state index contributed by atoms with van der Waals surface area (Å²) < 4.78 is 0. The van der Waals surface area contributed by atoms with Gasteiger partial charge in [-0.15, -0.1) is 0 Å². The van der Waals surface area contributed by atoms with Gasteiger partial charge in [0.1, 0.15) is 5.78 Å². The SMILES string of the molecule is CC(=O)[C@]12CCN(C)C[C@@]1(C)CCc1ccccc12. The van der Waals surface area contributed by atoms with Crippen molar-refractivity contribution < 1.29 is 4.79 Å². The van der Waals surface area contributed by atoms with Crippen molar-refractivity contribution in [2.24, 2.45) is 5.41 Å². The Labute approximate surface area is 115 Å². The lowest BCUT2D eigenvalue weighted by molar-refractivity contribution is -0.132. The molecule has 2 nitrogen and oxygen atoms in total. The van der Waals surface area contributed by atoms with Crippen molar-refractivity contribution in [3.8, 4) is 0 Å². The standard InChI is InChI=1S/C17H23NO/c1-13(19)17-10-11-18(3)12-16(17,2)9-8-14-6-4-5-7-15(14)17/h4-7H,8-12H2,1-3H3/t16-,17+/m1/s1. The molecule has 0 bridgehead atoms. The molecular formula is C17H23NO. The lowest BCUT2D eigenvalue weighted by atomic mass is 9.50. The van der Waals surface area contributed by atoms with Crippen molar-refractivity contribution in [2.75, 3.05) is 20.1 Å². The van der Waals surface area contributed by atoms with Crippen LogP contribution in [-0.4, -0.2) is 30.8 Å². The normalized spacial score (nSPS) is 34.5. The zero-order valence-corrected chi connectivity index (χ0v) is 12.2. The molecule has 0 N–H and O–H groups in total. The van der Waals surface area contributed by atoms with E-state index >= 15 is 0 Å². The number of ketones is 1. The Bertz CT molecular complexity index is 524. The van der Waals surface area contributed by atoms with Crippen LogP contribution in [0.3, 0.4) is 0 Å². The van der Waals surface area contributed by atoms with E-state index in [1.807, 2.05) is 0 Å². The maximum atomic E-state index is 12.6. The van der Waals surface area contributed by atoms with Gasteiger partial charge in [-0.25, -0.2) is 0 Å². The number of Topliss-reactive ketones (excluding diaryl/α,β-unsaturated/α-hetero) is 1. The largest absolute Gasteiger partial charge is 0.306 e. The van der Waals surface area contributed by atoms with Gasteiger partial charge in [0, 0.05) is 6.54 Å². The van der Waals surface area contributed by atoms with Crippen LogP contribution >= 0.6 is 0 Å². The zero-order valence-electron chi connectivity index (χ0n) is 12.2. The quantitative estimate of drug-likeness (QED) is 0.771. The molecule has 1 heterocycles. The highest BCUT2D eigenvalue weighted by Gasteiger charge is 2.57. The molecule has 102 valence electrons. The molecule has 1 aromatic carbocycles. The number of fused-ring (bicyclic) bond motifs is 3. The van der Waals surface area contributed by atoms with Crippen LogP contribution < -0.4 is 0 Å². The highest BCUT2D eigenvalue weighted by Crippen LogP contribution is 2.54. The summed E-state index contributed by atoms with van der Waals surface area (Å²) in [7, 11) is 2.18. The van der Waals surface area contributed by atoms with E-state index in [1.54, 1.807) is 6.92 Å². The van der Waals surface area contributed by atoms with E-state index in [9.17, 15) is 4.79 Å². The zero-order chi connectivity index (χ0) is 13.7. The molecule has 2 atom stereocenters. The van der Waals surface area contributed by atoms with Crippen molar-refractivity contribution in [3.63, 3.8) is 0 Å². The minimum absolute atomic E-state index is 0.0835. The fraction of sp³-hybridized carbons (Fsp3) is 0.588. The van der Waals surface area contributed by atoms with Gasteiger partial charge in [0.2, 0.25) is 0 Å². The number of benzene rings is 1. The number of nitrogens with zero attached hydrogens (tertiary/aromatic N) is 1. The number of likely N-dealkylation sites (tertiary alicyclic amines) is 1. The number of aryl methyl sites for hydroxylation is 1. The summed E-state index contributed by atoms with van der Waals surface area (Å²) in [5.41, 5.74) is 2.53. The number of piperidine rings is 1. The molecule has 19 heavy (non-hydrogen) atoms. The lowest BCUT2D eigenvalue weighted by Gasteiger charge is -2.56. The van der Waals surface area contributed by atoms with Crippen LogP contribution in [0.5, 0.6) is 0 Å². The van der Waals surface area contributed by atoms with Crippen molar-refractivity contribution in [2.45, 2.75) is 38.5 Å². The molecule has 0 amide bonds. The molecular weight excluding hydrogens is 234 g/mol. The van der Waals surface area contributed by atoms with Crippen LogP contribution in [0.15, 0.2) is 24.3 Å². The Morgan fingerprint density at radius 2 is 2.00 bits per heavy atom. The van der Waals surface area contributed by atoms with Gasteiger partial charge in [-0.3, -0.25) is 4.79 Å². The fourth-order valence-corrected chi connectivity index (χ4v) is 4.58. The van der Waals surface area contributed by atoms with E-state index < -0.39 is 0 Å². The van der Waals surface area contributed by atoms with Crippen LogP contribution in [0, 0.1) is 5.41 Å². The van der Waals surface area contributed by atoms with Gasteiger partial charge in [-0.2, -0.15) is 0 Å². The third-order valence-electron chi connectivity index (χ3n) is 5.54. The first-order valence-corrected chi connectivity index (χ1v) is 7.28. The summed E-state index contributed by atoms with van der Waals surface area (Å²) in [6, 6.07) is 8.59. The van der Waals surface area contributed by atoms with E-state index in [2.05, 4.69) is 43.1 Å². The maximum absolute atomic E-state index is 12.6. The summed E-state index contributed by atoms with van der Waals surface area (Å²) in [6.45, 7) is 6.16. The molecule has 1 aromatic rings. The molecule has 0 saturated carbocycles. The lowest BCUT2D eigenvalue weighted by Crippen LogP contribution is -2.61. The van der Waals surface area contributed by atoms with Crippen molar-refractivity contribution in [3.05, 3.63) is 35.4 Å². The summed E-state index contributed by atoms with van der Waals surface area (Å²) in [5, 5.41) is 0. The predicted octanol–water partition coefficient (Wildman–Crippen LogP) is 2.80. The van der Waals surface area contributed by atoms with Crippen molar-refractivity contribution in [1.29, 1.82) is 0 Å². The smallest absolute Gasteiger partial charge is 0.140 e. The van der Waals surface area contributed by atoms with E-state index in [0.29, 0.717) is 5.78 Å². The molecule has 1 fully saturated rings. The van der Waals surface area contributed by atoms with Gasteiger partial charge < -0.3 is 4.90 Å². The monoisotopic (exact) mass is 257 g/mol. The van der Waals surface area contributed by atoms with Gasteiger partial charge in [-0.05, 0) is 56.3 Å². The number of carbonyl (C=O) groups is 1. The van der Waals surface area contributed by atoms with E-state index in [-0.39, 0.29) is 10.8 Å². The maximum Gasteiger partial charge on any atom is 0.140 e. The minimum Gasteiger partial charge on any atom is -0.306 e. The third-order valence-corrected chi connectivity index (χ3v) is 5.54. The van der Waals surface area contributed by atoms with Gasteiger partial charge in [0.25, 0.3) is 0 Å². The average Bonchev–Trinajstić information content (AvgIpc) is 2.37. The fourth-order valence-electron chi connectivity index (χ4n) is 4.58. The Morgan fingerprint density at radius 1 is 1.26 bits per heavy atom. The van der Waals surface area contributed by atoms with Crippen molar-refractivity contribution >= 4 is 5.78 Å². The number of carbonyl (C=O) groups excluding carboxylic acids is 1.